The molecule has 0 radical (unpaired) electrons. The summed E-state index contributed by atoms with van der Waals surface area (Å²) in [6, 6.07) is 10.2. The highest BCUT2D eigenvalue weighted by Crippen LogP contribution is 2.25. The van der Waals surface area contributed by atoms with Gasteiger partial charge in [-0.25, -0.2) is 4.98 Å². The number of benzene rings is 1. The van der Waals surface area contributed by atoms with Gasteiger partial charge in [0.25, 0.3) is 5.91 Å². The summed E-state index contributed by atoms with van der Waals surface area (Å²) < 4.78 is 5.69. The fourth-order valence-corrected chi connectivity index (χ4v) is 4.29. The summed E-state index contributed by atoms with van der Waals surface area (Å²) >= 11 is 1.54. The molecule has 140 valence electrons. The Balaban J connectivity index is 1.48. The maximum atomic E-state index is 12.6. The molecule has 0 bridgehead atoms. The van der Waals surface area contributed by atoms with Crippen molar-refractivity contribution in [3.05, 3.63) is 58.2 Å². The van der Waals surface area contributed by atoms with Crippen LogP contribution in [0.25, 0.3) is 10.9 Å². The quantitative estimate of drug-likeness (QED) is 0.730. The SMILES string of the molecule is CC(C)c1nc(C(=O)NC2COCC2Cc2ccnc3ccccc23)cs1. The zero-order valence-corrected chi connectivity index (χ0v) is 16.3. The van der Waals surface area contributed by atoms with Crippen molar-refractivity contribution in [2.75, 3.05) is 13.2 Å². The molecule has 1 amide bonds. The standard InChI is InChI=1S/C21H23N3O2S/c1-13(2)21-24-19(12-27-21)20(25)23-18-11-26-10-15(18)9-14-7-8-22-17-6-4-3-5-16(14)17/h3-8,12-13,15,18H,9-11H2,1-2H3,(H,23,25). The number of aromatic nitrogens is 2. The maximum Gasteiger partial charge on any atom is 0.271 e. The lowest BCUT2D eigenvalue weighted by Crippen LogP contribution is -2.40. The Kier molecular flexibility index (Phi) is 5.18. The summed E-state index contributed by atoms with van der Waals surface area (Å²) in [5, 5.41) is 7.12. The number of para-hydroxylation sites is 1. The van der Waals surface area contributed by atoms with E-state index in [9.17, 15) is 4.79 Å². The molecule has 0 aliphatic carbocycles. The van der Waals surface area contributed by atoms with Crippen LogP contribution in [0.15, 0.2) is 41.9 Å². The summed E-state index contributed by atoms with van der Waals surface area (Å²) in [5.41, 5.74) is 2.74. The van der Waals surface area contributed by atoms with Crippen LogP contribution < -0.4 is 5.32 Å². The van der Waals surface area contributed by atoms with Gasteiger partial charge in [0.2, 0.25) is 0 Å². The Morgan fingerprint density at radius 3 is 2.96 bits per heavy atom. The van der Waals surface area contributed by atoms with E-state index in [0.717, 1.165) is 22.3 Å². The minimum absolute atomic E-state index is 0.00590. The maximum absolute atomic E-state index is 12.6. The highest BCUT2D eigenvalue weighted by molar-refractivity contribution is 7.09. The number of hydrogen-bond acceptors (Lipinski definition) is 5. The van der Waals surface area contributed by atoms with Gasteiger partial charge in [0.1, 0.15) is 5.69 Å². The van der Waals surface area contributed by atoms with E-state index in [0.29, 0.717) is 24.8 Å². The topological polar surface area (TPSA) is 64.1 Å². The smallest absolute Gasteiger partial charge is 0.271 e. The lowest BCUT2D eigenvalue weighted by atomic mass is 9.93. The van der Waals surface area contributed by atoms with Crippen molar-refractivity contribution >= 4 is 28.1 Å². The van der Waals surface area contributed by atoms with Crippen LogP contribution in [0.4, 0.5) is 0 Å². The second-order valence-corrected chi connectivity index (χ2v) is 8.18. The van der Waals surface area contributed by atoms with Gasteiger partial charge < -0.3 is 10.1 Å². The normalized spacial score (nSPS) is 19.7. The van der Waals surface area contributed by atoms with E-state index in [-0.39, 0.29) is 17.9 Å². The molecule has 27 heavy (non-hydrogen) atoms. The Labute approximate surface area is 162 Å². The van der Waals surface area contributed by atoms with Crippen LogP contribution in [0, 0.1) is 5.92 Å². The molecule has 1 fully saturated rings. The van der Waals surface area contributed by atoms with Crippen molar-refractivity contribution in [1.82, 2.24) is 15.3 Å². The number of amides is 1. The largest absolute Gasteiger partial charge is 0.379 e. The van der Waals surface area contributed by atoms with E-state index < -0.39 is 0 Å². The second-order valence-electron chi connectivity index (χ2n) is 7.29. The molecule has 5 nitrogen and oxygen atoms in total. The zero-order valence-electron chi connectivity index (χ0n) is 15.5. The summed E-state index contributed by atoms with van der Waals surface area (Å²) in [5.74, 6) is 0.459. The molecular weight excluding hydrogens is 358 g/mol. The molecule has 2 atom stereocenters. The summed E-state index contributed by atoms with van der Waals surface area (Å²) in [6.45, 7) is 5.36. The first-order valence-corrected chi connectivity index (χ1v) is 10.2. The summed E-state index contributed by atoms with van der Waals surface area (Å²) in [4.78, 5) is 21.5. The van der Waals surface area contributed by atoms with Gasteiger partial charge in [-0.3, -0.25) is 9.78 Å². The van der Waals surface area contributed by atoms with Gasteiger partial charge in [-0.1, -0.05) is 32.0 Å². The number of pyridine rings is 1. The Morgan fingerprint density at radius 2 is 2.15 bits per heavy atom. The molecule has 3 heterocycles. The fraction of sp³-hybridized carbons (Fsp3) is 0.381. The van der Waals surface area contributed by atoms with Crippen molar-refractivity contribution < 1.29 is 9.53 Å². The van der Waals surface area contributed by atoms with Crippen molar-refractivity contribution in [2.24, 2.45) is 5.92 Å². The van der Waals surface area contributed by atoms with Crippen LogP contribution in [0.1, 0.15) is 40.8 Å². The number of nitrogens with one attached hydrogen (secondary N) is 1. The first-order chi connectivity index (χ1) is 13.1. The molecule has 6 heteroatoms. The molecule has 0 spiro atoms. The Hall–Kier alpha value is -2.31. The number of rotatable bonds is 5. The van der Waals surface area contributed by atoms with Crippen LogP contribution >= 0.6 is 11.3 Å². The minimum Gasteiger partial charge on any atom is -0.379 e. The van der Waals surface area contributed by atoms with Crippen LogP contribution in [0.5, 0.6) is 0 Å². The first kappa shape index (κ1) is 18.1. The van der Waals surface area contributed by atoms with E-state index in [1.54, 1.807) is 0 Å². The molecule has 1 aromatic carbocycles. The van der Waals surface area contributed by atoms with Crippen LogP contribution in [-0.4, -0.2) is 35.1 Å². The van der Waals surface area contributed by atoms with E-state index in [4.69, 9.17) is 4.74 Å². The molecule has 4 rings (SSSR count). The molecule has 1 saturated heterocycles. The highest BCUT2D eigenvalue weighted by atomic mass is 32.1. The summed E-state index contributed by atoms with van der Waals surface area (Å²) in [6.07, 6.45) is 2.70. The lowest BCUT2D eigenvalue weighted by molar-refractivity contribution is 0.0920. The predicted octanol–water partition coefficient (Wildman–Crippen LogP) is 3.80. The third kappa shape index (κ3) is 3.87. The number of thiazole rings is 1. The number of ether oxygens (including phenoxy) is 1. The van der Waals surface area contributed by atoms with E-state index in [1.165, 1.54) is 16.9 Å². The number of nitrogens with zero attached hydrogens (tertiary/aromatic N) is 2. The number of fused-ring (bicyclic) bond motifs is 1. The monoisotopic (exact) mass is 381 g/mol. The van der Waals surface area contributed by atoms with Crippen LogP contribution in [-0.2, 0) is 11.2 Å². The van der Waals surface area contributed by atoms with Gasteiger partial charge in [-0.2, -0.15) is 0 Å². The van der Waals surface area contributed by atoms with E-state index in [2.05, 4.69) is 41.3 Å². The first-order valence-electron chi connectivity index (χ1n) is 9.28. The second kappa shape index (κ2) is 7.74. The predicted molar refractivity (Wildman–Crippen MR) is 107 cm³/mol. The van der Waals surface area contributed by atoms with Gasteiger partial charge in [0, 0.05) is 28.8 Å². The zero-order chi connectivity index (χ0) is 18.8. The third-order valence-corrected chi connectivity index (χ3v) is 6.13. The number of hydrogen-bond donors (Lipinski definition) is 1. The molecule has 2 aromatic heterocycles. The Bertz CT molecular complexity index is 948. The van der Waals surface area contributed by atoms with Gasteiger partial charge in [-0.15, -0.1) is 11.3 Å². The van der Waals surface area contributed by atoms with Gasteiger partial charge >= 0.3 is 0 Å². The fourth-order valence-electron chi connectivity index (χ4n) is 3.47. The lowest BCUT2D eigenvalue weighted by Gasteiger charge is -2.19. The van der Waals surface area contributed by atoms with Crippen molar-refractivity contribution in [3.63, 3.8) is 0 Å². The Morgan fingerprint density at radius 1 is 1.30 bits per heavy atom. The van der Waals surface area contributed by atoms with Crippen molar-refractivity contribution in [2.45, 2.75) is 32.2 Å². The molecule has 3 aromatic rings. The van der Waals surface area contributed by atoms with Crippen LogP contribution in [0.2, 0.25) is 0 Å². The van der Waals surface area contributed by atoms with E-state index in [1.807, 2.05) is 29.8 Å². The minimum atomic E-state index is -0.113. The van der Waals surface area contributed by atoms with E-state index >= 15 is 0 Å². The van der Waals surface area contributed by atoms with Gasteiger partial charge in [0.05, 0.1) is 29.8 Å². The average Bonchev–Trinajstić information content (AvgIpc) is 3.32. The van der Waals surface area contributed by atoms with Gasteiger partial charge in [0.15, 0.2) is 0 Å². The van der Waals surface area contributed by atoms with Gasteiger partial charge in [-0.05, 0) is 24.1 Å². The van der Waals surface area contributed by atoms with Crippen molar-refractivity contribution in [1.29, 1.82) is 0 Å². The molecule has 0 saturated carbocycles. The summed E-state index contributed by atoms with van der Waals surface area (Å²) in [7, 11) is 0. The molecule has 1 N–H and O–H groups in total. The molecule has 2 unspecified atom stereocenters. The van der Waals surface area contributed by atoms with Crippen LogP contribution in [0.3, 0.4) is 0 Å². The molecular formula is C21H23N3O2S. The third-order valence-electron chi connectivity index (χ3n) is 4.98. The number of carbonyl (C=O) groups excluding carboxylic acids is 1. The highest BCUT2D eigenvalue weighted by Gasteiger charge is 2.31. The average molecular weight is 382 g/mol. The van der Waals surface area contributed by atoms with Crippen molar-refractivity contribution in [3.8, 4) is 0 Å². The number of carbonyl (C=O) groups is 1. The molecule has 1 aliphatic heterocycles. The molecule has 1 aliphatic rings.